The molecule has 0 bridgehead atoms. The van der Waals surface area contributed by atoms with Crippen LogP contribution in [0.25, 0.3) is 0 Å². The average Bonchev–Trinajstić information content (AvgIpc) is 2.59. The third kappa shape index (κ3) is 8.04. The summed E-state index contributed by atoms with van der Waals surface area (Å²) in [5.74, 6) is 0.605. The summed E-state index contributed by atoms with van der Waals surface area (Å²) >= 11 is 0. The lowest BCUT2D eigenvalue weighted by Crippen LogP contribution is -2.48. The maximum Gasteiger partial charge on any atom is 0.227 e. The number of carbonyl (C=O) groups excluding carboxylic acids is 1. The highest BCUT2D eigenvalue weighted by Crippen LogP contribution is 2.14. The fraction of sp³-hybridized carbons (Fsp3) is 0.556. The Balaban J connectivity index is 0.00000576. The smallest absolute Gasteiger partial charge is 0.227 e. The average molecular weight is 462 g/mol. The van der Waals surface area contributed by atoms with Gasteiger partial charge in [0.25, 0.3) is 0 Å². The number of hydrogen-bond donors (Lipinski definition) is 4. The molecule has 0 saturated carbocycles. The molecule has 142 valence electrons. The SMILES string of the molecule is CCNC(=O)C(C)(C)CNC(=NC)NCC(CO)c1ccccc1.I. The number of benzene rings is 1. The van der Waals surface area contributed by atoms with Gasteiger partial charge in [-0.05, 0) is 26.3 Å². The van der Waals surface area contributed by atoms with Crippen molar-refractivity contribution in [3.05, 3.63) is 35.9 Å². The molecule has 1 unspecified atom stereocenters. The standard InChI is InChI=1S/C18H30N4O2.HI/c1-5-20-16(24)18(2,3)13-22-17(19-4)21-11-15(12-23)14-9-7-6-8-10-14;/h6-10,15,23H,5,11-13H2,1-4H3,(H,20,24)(H2,19,21,22);1H. The highest BCUT2D eigenvalue weighted by Gasteiger charge is 2.27. The maximum absolute atomic E-state index is 12.0. The highest BCUT2D eigenvalue weighted by molar-refractivity contribution is 14.0. The van der Waals surface area contributed by atoms with Crippen LogP contribution in [0.2, 0.25) is 0 Å². The van der Waals surface area contributed by atoms with E-state index in [0.717, 1.165) is 5.56 Å². The number of rotatable bonds is 8. The molecule has 4 N–H and O–H groups in total. The third-order valence-electron chi connectivity index (χ3n) is 3.88. The molecule has 0 aliphatic heterocycles. The fourth-order valence-corrected chi connectivity index (χ4v) is 2.24. The minimum atomic E-state index is -0.538. The van der Waals surface area contributed by atoms with E-state index in [0.29, 0.717) is 25.6 Å². The summed E-state index contributed by atoms with van der Waals surface area (Å²) in [6.45, 7) is 7.37. The van der Waals surface area contributed by atoms with E-state index in [1.165, 1.54) is 0 Å². The molecule has 0 fully saturated rings. The molecule has 1 amide bonds. The predicted octanol–water partition coefficient (Wildman–Crippen LogP) is 1.71. The van der Waals surface area contributed by atoms with Crippen LogP contribution >= 0.6 is 24.0 Å². The van der Waals surface area contributed by atoms with E-state index >= 15 is 0 Å². The molecule has 7 heteroatoms. The van der Waals surface area contributed by atoms with Gasteiger partial charge < -0.3 is 21.1 Å². The first-order valence-electron chi connectivity index (χ1n) is 8.33. The number of aliphatic hydroxyl groups is 1. The molecule has 1 atom stereocenters. The molecule has 0 aliphatic carbocycles. The zero-order valence-electron chi connectivity index (χ0n) is 15.5. The lowest BCUT2D eigenvalue weighted by atomic mass is 9.92. The van der Waals surface area contributed by atoms with Gasteiger partial charge in [0.05, 0.1) is 12.0 Å². The first kappa shape index (κ1) is 23.6. The van der Waals surface area contributed by atoms with Crippen molar-refractivity contribution in [2.45, 2.75) is 26.7 Å². The molecule has 6 nitrogen and oxygen atoms in total. The Bertz CT molecular complexity index is 535. The number of aliphatic hydroxyl groups excluding tert-OH is 1. The van der Waals surface area contributed by atoms with Crippen molar-refractivity contribution in [3.63, 3.8) is 0 Å². The number of guanidine groups is 1. The van der Waals surface area contributed by atoms with E-state index in [-0.39, 0.29) is 42.4 Å². The van der Waals surface area contributed by atoms with Gasteiger partial charge >= 0.3 is 0 Å². The Morgan fingerprint density at radius 2 is 1.84 bits per heavy atom. The molecule has 25 heavy (non-hydrogen) atoms. The molecular weight excluding hydrogens is 431 g/mol. The van der Waals surface area contributed by atoms with Crippen LogP contribution in [0.1, 0.15) is 32.3 Å². The number of nitrogens with zero attached hydrogens (tertiary/aromatic N) is 1. The summed E-state index contributed by atoms with van der Waals surface area (Å²) in [7, 11) is 1.69. The summed E-state index contributed by atoms with van der Waals surface area (Å²) in [6, 6.07) is 9.86. The Kier molecular flexibility index (Phi) is 11.4. The normalized spacial score (nSPS) is 12.8. The summed E-state index contributed by atoms with van der Waals surface area (Å²) in [5.41, 5.74) is 0.536. The summed E-state index contributed by atoms with van der Waals surface area (Å²) in [5, 5.41) is 18.8. The number of halogens is 1. The van der Waals surface area contributed by atoms with Crippen molar-refractivity contribution in [2.75, 3.05) is 33.3 Å². The van der Waals surface area contributed by atoms with E-state index in [9.17, 15) is 9.90 Å². The lowest BCUT2D eigenvalue weighted by molar-refractivity contribution is -0.128. The van der Waals surface area contributed by atoms with E-state index in [1.807, 2.05) is 51.1 Å². The van der Waals surface area contributed by atoms with Gasteiger partial charge in [0.1, 0.15) is 0 Å². The third-order valence-corrected chi connectivity index (χ3v) is 3.88. The van der Waals surface area contributed by atoms with Crippen LogP contribution < -0.4 is 16.0 Å². The largest absolute Gasteiger partial charge is 0.396 e. The monoisotopic (exact) mass is 462 g/mol. The molecule has 1 aromatic rings. The number of amides is 1. The Morgan fingerprint density at radius 3 is 2.36 bits per heavy atom. The molecule has 1 rings (SSSR count). The van der Waals surface area contributed by atoms with Gasteiger partial charge in [-0.1, -0.05) is 30.3 Å². The predicted molar refractivity (Wildman–Crippen MR) is 114 cm³/mol. The second kappa shape index (κ2) is 12.1. The van der Waals surface area contributed by atoms with Gasteiger partial charge in [-0.15, -0.1) is 24.0 Å². The summed E-state index contributed by atoms with van der Waals surface area (Å²) in [4.78, 5) is 16.2. The highest BCUT2D eigenvalue weighted by atomic mass is 127. The van der Waals surface area contributed by atoms with Crippen molar-refractivity contribution < 1.29 is 9.90 Å². The van der Waals surface area contributed by atoms with Gasteiger partial charge in [-0.25, -0.2) is 0 Å². The Morgan fingerprint density at radius 1 is 1.20 bits per heavy atom. The Hall–Kier alpha value is -1.35. The molecule has 1 aromatic carbocycles. The molecular formula is C18H31IN4O2. The number of carbonyl (C=O) groups is 1. The molecule has 0 spiro atoms. The van der Waals surface area contributed by atoms with Gasteiger partial charge in [-0.2, -0.15) is 0 Å². The van der Waals surface area contributed by atoms with Gasteiger partial charge in [0.2, 0.25) is 5.91 Å². The van der Waals surface area contributed by atoms with Crippen LogP contribution in [0.5, 0.6) is 0 Å². The van der Waals surface area contributed by atoms with Crippen LogP contribution in [0.4, 0.5) is 0 Å². The summed E-state index contributed by atoms with van der Waals surface area (Å²) < 4.78 is 0. The topological polar surface area (TPSA) is 85.8 Å². The van der Waals surface area contributed by atoms with Crippen LogP contribution in [0, 0.1) is 5.41 Å². The van der Waals surface area contributed by atoms with Crippen molar-refractivity contribution in [3.8, 4) is 0 Å². The van der Waals surface area contributed by atoms with Gasteiger partial charge in [-0.3, -0.25) is 9.79 Å². The minimum absolute atomic E-state index is 0. The zero-order valence-corrected chi connectivity index (χ0v) is 17.8. The molecule has 0 saturated heterocycles. The number of nitrogens with one attached hydrogen (secondary N) is 3. The summed E-state index contributed by atoms with van der Waals surface area (Å²) in [6.07, 6.45) is 0. The van der Waals surface area contributed by atoms with Crippen LogP contribution in [-0.4, -0.2) is 50.3 Å². The number of hydrogen-bond acceptors (Lipinski definition) is 3. The molecule has 0 aliphatic rings. The maximum atomic E-state index is 12.0. The van der Waals surface area contributed by atoms with Crippen molar-refractivity contribution in [1.29, 1.82) is 0 Å². The quantitative estimate of drug-likeness (QED) is 0.269. The molecule has 0 heterocycles. The first-order chi connectivity index (χ1) is 11.4. The van der Waals surface area contributed by atoms with Crippen molar-refractivity contribution >= 4 is 35.8 Å². The van der Waals surface area contributed by atoms with E-state index in [2.05, 4.69) is 20.9 Å². The lowest BCUT2D eigenvalue weighted by Gasteiger charge is -2.25. The van der Waals surface area contributed by atoms with Gasteiger partial charge in [0.15, 0.2) is 5.96 Å². The fourth-order valence-electron chi connectivity index (χ4n) is 2.24. The second-order valence-corrected chi connectivity index (χ2v) is 6.34. The van der Waals surface area contributed by atoms with E-state index in [4.69, 9.17) is 0 Å². The zero-order chi connectivity index (χ0) is 18.0. The van der Waals surface area contributed by atoms with Crippen molar-refractivity contribution in [1.82, 2.24) is 16.0 Å². The minimum Gasteiger partial charge on any atom is -0.396 e. The first-order valence-corrected chi connectivity index (χ1v) is 8.33. The number of aliphatic imine (C=N–C) groups is 1. The van der Waals surface area contributed by atoms with E-state index < -0.39 is 5.41 Å². The van der Waals surface area contributed by atoms with E-state index in [1.54, 1.807) is 7.05 Å². The van der Waals surface area contributed by atoms with Crippen LogP contribution in [0.3, 0.4) is 0 Å². The Labute approximate surface area is 167 Å². The molecule has 0 radical (unpaired) electrons. The van der Waals surface area contributed by atoms with Crippen molar-refractivity contribution in [2.24, 2.45) is 10.4 Å². The molecule has 0 aromatic heterocycles. The van der Waals surface area contributed by atoms with Crippen LogP contribution in [0.15, 0.2) is 35.3 Å². The van der Waals surface area contributed by atoms with Gasteiger partial charge in [0, 0.05) is 32.6 Å². The second-order valence-electron chi connectivity index (χ2n) is 6.34. The van der Waals surface area contributed by atoms with Crippen LogP contribution in [-0.2, 0) is 4.79 Å².